The summed E-state index contributed by atoms with van der Waals surface area (Å²) in [6, 6.07) is 0. The van der Waals surface area contributed by atoms with E-state index in [0.717, 1.165) is 51.4 Å². The number of phosphoric acid groups is 1. The Balaban J connectivity index is 4.39. The zero-order valence-electron chi connectivity index (χ0n) is 37.3. The highest BCUT2D eigenvalue weighted by molar-refractivity contribution is 7.47. The van der Waals surface area contributed by atoms with Crippen molar-refractivity contribution in [2.45, 2.75) is 193 Å². The molecule has 0 amide bonds. The lowest BCUT2D eigenvalue weighted by atomic mass is 10.0. The highest BCUT2D eigenvalue weighted by Crippen LogP contribution is 2.43. The first-order chi connectivity index (χ1) is 27.5. The monoisotopic (exact) mass is 825 g/mol. The predicted octanol–water partition coefficient (Wildman–Crippen LogP) is 13.1. The number of phosphoric ester groups is 1. The van der Waals surface area contributed by atoms with Crippen molar-refractivity contribution < 1.29 is 42.1 Å². The van der Waals surface area contributed by atoms with Crippen LogP contribution in [0.3, 0.4) is 0 Å². The fourth-order valence-electron chi connectivity index (χ4n) is 6.00. The van der Waals surface area contributed by atoms with Crippen LogP contribution in [0.1, 0.15) is 187 Å². The summed E-state index contributed by atoms with van der Waals surface area (Å²) >= 11 is 0. The number of carbonyl (C=O) groups is 2. The minimum Gasteiger partial charge on any atom is -0.462 e. The predicted molar refractivity (Wildman–Crippen MR) is 238 cm³/mol. The van der Waals surface area contributed by atoms with E-state index in [9.17, 15) is 19.0 Å². The summed E-state index contributed by atoms with van der Waals surface area (Å²) in [7, 11) is 1.46. The highest BCUT2D eigenvalue weighted by atomic mass is 31.2. The molecule has 0 aromatic heterocycles. The summed E-state index contributed by atoms with van der Waals surface area (Å²) in [5, 5.41) is 0. The van der Waals surface area contributed by atoms with Crippen LogP contribution in [0.25, 0.3) is 0 Å². The molecule has 1 unspecified atom stereocenters. The Kier molecular flexibility index (Phi) is 38.0. The van der Waals surface area contributed by atoms with Gasteiger partial charge in [-0.15, -0.1) is 0 Å². The summed E-state index contributed by atoms with van der Waals surface area (Å²) < 4.78 is 34.3. The number of ether oxygens (including phenoxy) is 2. The van der Waals surface area contributed by atoms with Gasteiger partial charge in [0.2, 0.25) is 0 Å². The molecule has 0 aromatic carbocycles. The third kappa shape index (κ3) is 43.4. The van der Waals surface area contributed by atoms with Gasteiger partial charge < -0.3 is 18.9 Å². The molecule has 0 bridgehead atoms. The smallest absolute Gasteiger partial charge is 0.462 e. The normalized spacial score (nSPS) is 14.0. The van der Waals surface area contributed by atoms with E-state index in [0.29, 0.717) is 23.9 Å². The van der Waals surface area contributed by atoms with Crippen molar-refractivity contribution in [1.82, 2.24) is 0 Å². The number of allylic oxidation sites excluding steroid dienone is 8. The van der Waals surface area contributed by atoms with Crippen LogP contribution in [0, 0.1) is 0 Å². The quantitative estimate of drug-likeness (QED) is 0.0213. The molecule has 0 saturated carbocycles. The molecule has 2 atom stereocenters. The second-order valence-corrected chi connectivity index (χ2v) is 17.9. The first kappa shape index (κ1) is 55.0. The number of hydrogen-bond donors (Lipinski definition) is 1. The molecule has 0 fully saturated rings. The van der Waals surface area contributed by atoms with Gasteiger partial charge in [-0.25, -0.2) is 4.57 Å². The van der Waals surface area contributed by atoms with Crippen molar-refractivity contribution in [3.8, 4) is 0 Å². The van der Waals surface area contributed by atoms with Crippen LogP contribution in [0.2, 0.25) is 0 Å². The third-order valence-electron chi connectivity index (χ3n) is 9.61. The van der Waals surface area contributed by atoms with Crippen LogP contribution in [-0.2, 0) is 32.7 Å². The van der Waals surface area contributed by atoms with Gasteiger partial charge in [0.05, 0.1) is 27.7 Å². The van der Waals surface area contributed by atoms with Crippen LogP contribution in [0.15, 0.2) is 48.6 Å². The van der Waals surface area contributed by atoms with Gasteiger partial charge in [-0.3, -0.25) is 18.6 Å². The van der Waals surface area contributed by atoms with Crippen LogP contribution < -0.4 is 0 Å². The summed E-state index contributed by atoms with van der Waals surface area (Å²) in [6.07, 6.45) is 45.8. The van der Waals surface area contributed by atoms with Crippen molar-refractivity contribution in [3.63, 3.8) is 0 Å². The topological polar surface area (TPSA) is 108 Å². The molecular formula is C47H87NO8P+. The minimum absolute atomic E-state index is 0.0260. The standard InChI is InChI=1S/C47H86NO8P/c1-6-8-10-12-14-16-18-20-22-23-24-25-26-28-29-31-33-35-37-39-46(49)53-43-45(44-55-57(51,52)54-42-41-48(3,4)5)56-47(50)40-38-36-34-32-30-27-21-19-17-15-13-11-9-7-2/h14,16,20,22,24-25,28-29,45H,6-13,15,17-19,21,23,26-27,30-44H2,1-5H3/p+1/b16-14-,22-20-,25-24-,29-28-/t45-/m1/s1. The number of rotatable bonds is 41. The molecule has 0 aromatic rings. The first-order valence-electron chi connectivity index (χ1n) is 22.9. The maximum Gasteiger partial charge on any atom is 0.472 e. The van der Waals surface area contributed by atoms with Gasteiger partial charge >= 0.3 is 19.8 Å². The number of likely N-dealkylation sites (N-methyl/N-ethyl adjacent to an activating group) is 1. The van der Waals surface area contributed by atoms with E-state index in [4.69, 9.17) is 18.5 Å². The molecule has 0 saturated heterocycles. The molecule has 9 nitrogen and oxygen atoms in total. The third-order valence-corrected chi connectivity index (χ3v) is 10.6. The Morgan fingerprint density at radius 1 is 0.544 bits per heavy atom. The van der Waals surface area contributed by atoms with Gasteiger partial charge in [0.15, 0.2) is 6.10 Å². The number of quaternary nitrogens is 1. The number of hydrogen-bond acceptors (Lipinski definition) is 7. The Hall–Kier alpha value is -2.03. The van der Waals surface area contributed by atoms with Gasteiger partial charge in [0.25, 0.3) is 0 Å². The second kappa shape index (κ2) is 39.4. The van der Waals surface area contributed by atoms with Crippen molar-refractivity contribution in [2.24, 2.45) is 0 Å². The molecule has 332 valence electrons. The zero-order valence-corrected chi connectivity index (χ0v) is 38.2. The SMILES string of the molecule is CCCCC/C=C\C/C=C\C/C=C\C/C=C\CCCCCC(=O)OC[C@H](COP(=O)(O)OCC[N+](C)(C)C)OC(=O)CCCCCCCCCCCCCCCC. The van der Waals surface area contributed by atoms with Gasteiger partial charge in [-0.2, -0.15) is 0 Å². The average Bonchev–Trinajstić information content (AvgIpc) is 3.16. The second-order valence-electron chi connectivity index (χ2n) is 16.4. The molecule has 0 spiro atoms. The van der Waals surface area contributed by atoms with E-state index in [1.165, 1.54) is 96.3 Å². The Morgan fingerprint density at radius 2 is 0.947 bits per heavy atom. The molecule has 0 aliphatic heterocycles. The minimum atomic E-state index is -4.38. The summed E-state index contributed by atoms with van der Waals surface area (Å²) in [5.74, 6) is -0.832. The van der Waals surface area contributed by atoms with Crippen molar-refractivity contribution in [2.75, 3.05) is 47.5 Å². The van der Waals surface area contributed by atoms with Crippen LogP contribution in [0.4, 0.5) is 0 Å². The maximum absolute atomic E-state index is 12.7. The molecule has 0 rings (SSSR count). The lowest BCUT2D eigenvalue weighted by molar-refractivity contribution is -0.870. The Bertz CT molecular complexity index is 1110. The number of carbonyl (C=O) groups excluding carboxylic acids is 2. The number of nitrogens with zero attached hydrogens (tertiary/aromatic N) is 1. The highest BCUT2D eigenvalue weighted by Gasteiger charge is 2.27. The fourth-order valence-corrected chi connectivity index (χ4v) is 6.74. The van der Waals surface area contributed by atoms with E-state index in [-0.39, 0.29) is 26.1 Å². The lowest BCUT2D eigenvalue weighted by Crippen LogP contribution is -2.37. The molecular weight excluding hydrogens is 737 g/mol. The Labute approximate surface area is 350 Å². The summed E-state index contributed by atoms with van der Waals surface area (Å²) in [5.41, 5.74) is 0. The molecule has 0 heterocycles. The molecule has 0 radical (unpaired) electrons. The molecule has 0 aliphatic carbocycles. The summed E-state index contributed by atoms with van der Waals surface area (Å²) in [4.78, 5) is 35.4. The molecule has 10 heteroatoms. The Morgan fingerprint density at radius 3 is 1.44 bits per heavy atom. The average molecular weight is 825 g/mol. The lowest BCUT2D eigenvalue weighted by Gasteiger charge is -2.24. The van der Waals surface area contributed by atoms with Gasteiger partial charge in [-0.05, 0) is 57.8 Å². The van der Waals surface area contributed by atoms with E-state index < -0.39 is 32.5 Å². The fraction of sp³-hybridized carbons (Fsp3) is 0.787. The number of esters is 2. The van der Waals surface area contributed by atoms with Crippen molar-refractivity contribution in [1.29, 1.82) is 0 Å². The van der Waals surface area contributed by atoms with E-state index in [1.54, 1.807) is 0 Å². The molecule has 0 aliphatic rings. The summed E-state index contributed by atoms with van der Waals surface area (Å²) in [6.45, 7) is 4.36. The van der Waals surface area contributed by atoms with Crippen LogP contribution >= 0.6 is 7.82 Å². The van der Waals surface area contributed by atoms with Crippen LogP contribution in [-0.4, -0.2) is 74.9 Å². The van der Waals surface area contributed by atoms with Gasteiger partial charge in [0, 0.05) is 12.8 Å². The first-order valence-corrected chi connectivity index (χ1v) is 24.4. The molecule has 57 heavy (non-hydrogen) atoms. The zero-order chi connectivity index (χ0) is 42.1. The van der Waals surface area contributed by atoms with E-state index >= 15 is 0 Å². The van der Waals surface area contributed by atoms with E-state index in [2.05, 4.69) is 62.5 Å². The molecule has 1 N–H and O–H groups in total. The van der Waals surface area contributed by atoms with Gasteiger partial charge in [-0.1, -0.05) is 165 Å². The van der Waals surface area contributed by atoms with Crippen molar-refractivity contribution >= 4 is 19.8 Å². The van der Waals surface area contributed by atoms with Crippen LogP contribution in [0.5, 0.6) is 0 Å². The van der Waals surface area contributed by atoms with Crippen molar-refractivity contribution in [3.05, 3.63) is 48.6 Å². The van der Waals surface area contributed by atoms with Gasteiger partial charge in [0.1, 0.15) is 19.8 Å². The largest absolute Gasteiger partial charge is 0.472 e. The van der Waals surface area contributed by atoms with E-state index in [1.807, 2.05) is 21.1 Å². The number of unbranched alkanes of at least 4 members (excludes halogenated alkanes) is 19. The maximum atomic E-state index is 12.7.